The molecule has 1 heterocycles. The molecule has 1 atom stereocenters. The molecule has 0 N–H and O–H groups in total. The minimum atomic E-state index is -0.166. The highest BCUT2D eigenvalue weighted by atomic mass is 16.2. The van der Waals surface area contributed by atoms with Gasteiger partial charge in [-0.25, -0.2) is 0 Å². The SMILES string of the molecule is O=C1c2ccccc2C(=O)N1C1C=C(c2ccccc2)CCC1. The Morgan fingerprint density at radius 3 is 2.09 bits per heavy atom. The van der Waals surface area contributed by atoms with Gasteiger partial charge in [-0.1, -0.05) is 48.5 Å². The first-order valence-corrected chi connectivity index (χ1v) is 7.99. The molecule has 1 unspecified atom stereocenters. The van der Waals surface area contributed by atoms with Gasteiger partial charge in [-0.05, 0) is 42.5 Å². The maximum atomic E-state index is 12.6. The molecule has 0 aromatic heterocycles. The molecule has 0 bridgehead atoms. The Labute approximate surface area is 135 Å². The second-order valence-electron chi connectivity index (χ2n) is 6.04. The number of carbonyl (C=O) groups is 2. The molecule has 0 saturated heterocycles. The molecule has 0 fully saturated rings. The lowest BCUT2D eigenvalue weighted by atomic mass is 9.90. The maximum Gasteiger partial charge on any atom is 0.262 e. The topological polar surface area (TPSA) is 37.4 Å². The van der Waals surface area contributed by atoms with Crippen LogP contribution in [0.5, 0.6) is 0 Å². The van der Waals surface area contributed by atoms with E-state index in [0.717, 1.165) is 19.3 Å². The fraction of sp³-hybridized carbons (Fsp3) is 0.200. The number of hydrogen-bond acceptors (Lipinski definition) is 2. The summed E-state index contributed by atoms with van der Waals surface area (Å²) < 4.78 is 0. The van der Waals surface area contributed by atoms with Crippen molar-refractivity contribution in [3.8, 4) is 0 Å². The van der Waals surface area contributed by atoms with Crippen molar-refractivity contribution in [3.05, 3.63) is 77.4 Å². The summed E-state index contributed by atoms with van der Waals surface area (Å²) in [7, 11) is 0. The third kappa shape index (κ3) is 2.29. The minimum absolute atomic E-state index is 0.147. The van der Waals surface area contributed by atoms with E-state index in [4.69, 9.17) is 0 Å². The molecule has 4 rings (SSSR count). The summed E-state index contributed by atoms with van der Waals surface area (Å²) in [5, 5.41) is 0. The van der Waals surface area contributed by atoms with E-state index in [-0.39, 0.29) is 17.9 Å². The first kappa shape index (κ1) is 13.9. The highest BCUT2D eigenvalue weighted by Gasteiger charge is 2.39. The van der Waals surface area contributed by atoms with Gasteiger partial charge in [-0.2, -0.15) is 0 Å². The molecular weight excluding hydrogens is 286 g/mol. The fourth-order valence-electron chi connectivity index (χ4n) is 3.51. The van der Waals surface area contributed by atoms with Crippen LogP contribution in [-0.4, -0.2) is 22.8 Å². The number of benzene rings is 2. The lowest BCUT2D eigenvalue weighted by molar-refractivity contribution is 0.0606. The highest BCUT2D eigenvalue weighted by Crippen LogP contribution is 2.33. The minimum Gasteiger partial charge on any atom is -0.269 e. The van der Waals surface area contributed by atoms with E-state index < -0.39 is 0 Å². The third-order valence-electron chi connectivity index (χ3n) is 4.64. The summed E-state index contributed by atoms with van der Waals surface area (Å²) in [6.07, 6.45) is 4.91. The average molecular weight is 303 g/mol. The number of amides is 2. The molecule has 2 aliphatic rings. The molecule has 3 nitrogen and oxygen atoms in total. The van der Waals surface area contributed by atoms with E-state index in [0.29, 0.717) is 11.1 Å². The van der Waals surface area contributed by atoms with Crippen molar-refractivity contribution in [2.75, 3.05) is 0 Å². The zero-order valence-electron chi connectivity index (χ0n) is 12.7. The van der Waals surface area contributed by atoms with Gasteiger partial charge in [0.15, 0.2) is 0 Å². The fourth-order valence-corrected chi connectivity index (χ4v) is 3.51. The second kappa shape index (κ2) is 5.51. The van der Waals surface area contributed by atoms with Gasteiger partial charge < -0.3 is 0 Å². The largest absolute Gasteiger partial charge is 0.269 e. The summed E-state index contributed by atoms with van der Waals surface area (Å²) in [5.41, 5.74) is 3.45. The van der Waals surface area contributed by atoms with Gasteiger partial charge in [0.1, 0.15) is 0 Å². The average Bonchev–Trinajstić information content (AvgIpc) is 2.87. The van der Waals surface area contributed by atoms with Crippen LogP contribution in [0.3, 0.4) is 0 Å². The summed E-state index contributed by atoms with van der Waals surface area (Å²) in [6.45, 7) is 0. The van der Waals surface area contributed by atoms with E-state index in [2.05, 4.69) is 18.2 Å². The zero-order chi connectivity index (χ0) is 15.8. The Hall–Kier alpha value is -2.68. The van der Waals surface area contributed by atoms with Crippen molar-refractivity contribution in [3.63, 3.8) is 0 Å². The van der Waals surface area contributed by atoms with Crippen LogP contribution in [0, 0.1) is 0 Å². The Morgan fingerprint density at radius 2 is 1.43 bits per heavy atom. The Morgan fingerprint density at radius 1 is 0.826 bits per heavy atom. The van der Waals surface area contributed by atoms with Gasteiger partial charge in [-0.3, -0.25) is 14.5 Å². The summed E-state index contributed by atoms with van der Waals surface area (Å²) >= 11 is 0. The van der Waals surface area contributed by atoms with Crippen LogP contribution in [0.2, 0.25) is 0 Å². The maximum absolute atomic E-state index is 12.6. The third-order valence-corrected chi connectivity index (χ3v) is 4.64. The molecule has 114 valence electrons. The number of imide groups is 1. The Balaban J connectivity index is 1.69. The van der Waals surface area contributed by atoms with Crippen LogP contribution in [0.1, 0.15) is 45.5 Å². The van der Waals surface area contributed by atoms with Crippen LogP contribution >= 0.6 is 0 Å². The Bertz CT molecular complexity index is 772. The van der Waals surface area contributed by atoms with Gasteiger partial charge in [0.2, 0.25) is 0 Å². The van der Waals surface area contributed by atoms with Crippen LogP contribution in [-0.2, 0) is 0 Å². The van der Waals surface area contributed by atoms with Crippen molar-refractivity contribution in [1.82, 2.24) is 4.90 Å². The molecule has 1 aliphatic heterocycles. The zero-order valence-corrected chi connectivity index (χ0v) is 12.7. The molecule has 0 radical (unpaired) electrons. The van der Waals surface area contributed by atoms with Crippen molar-refractivity contribution >= 4 is 17.4 Å². The van der Waals surface area contributed by atoms with Gasteiger partial charge >= 0.3 is 0 Å². The van der Waals surface area contributed by atoms with E-state index in [1.54, 1.807) is 24.3 Å². The highest BCUT2D eigenvalue weighted by molar-refractivity contribution is 6.21. The van der Waals surface area contributed by atoms with Crippen molar-refractivity contribution in [1.29, 1.82) is 0 Å². The van der Waals surface area contributed by atoms with Gasteiger partial charge in [-0.15, -0.1) is 0 Å². The number of allylic oxidation sites excluding steroid dienone is 1. The summed E-state index contributed by atoms with van der Waals surface area (Å²) in [4.78, 5) is 26.7. The predicted molar refractivity (Wildman–Crippen MR) is 89.0 cm³/mol. The second-order valence-corrected chi connectivity index (χ2v) is 6.04. The lowest BCUT2D eigenvalue weighted by Gasteiger charge is -2.28. The number of carbonyl (C=O) groups excluding carboxylic acids is 2. The number of hydrogen-bond donors (Lipinski definition) is 0. The first-order valence-electron chi connectivity index (χ1n) is 7.99. The molecular formula is C20H17NO2. The monoisotopic (exact) mass is 303 g/mol. The van der Waals surface area contributed by atoms with E-state index in [1.807, 2.05) is 18.2 Å². The summed E-state index contributed by atoms with van der Waals surface area (Å²) in [6, 6.07) is 17.1. The normalized spacial score (nSPS) is 20.4. The first-order chi connectivity index (χ1) is 11.3. The number of rotatable bonds is 2. The predicted octanol–water partition coefficient (Wildman–Crippen LogP) is 3.92. The quantitative estimate of drug-likeness (QED) is 0.789. The smallest absolute Gasteiger partial charge is 0.262 e. The van der Waals surface area contributed by atoms with Crippen molar-refractivity contribution in [2.45, 2.75) is 25.3 Å². The molecule has 2 aromatic carbocycles. The van der Waals surface area contributed by atoms with Gasteiger partial charge in [0.05, 0.1) is 17.2 Å². The molecule has 2 aromatic rings. The standard InChI is InChI=1S/C20H17NO2/c22-19-17-11-4-5-12-18(17)20(23)21(19)16-10-6-9-15(13-16)14-7-2-1-3-8-14/h1-5,7-8,11-13,16H,6,9-10H2. The van der Waals surface area contributed by atoms with Gasteiger partial charge in [0.25, 0.3) is 11.8 Å². The lowest BCUT2D eigenvalue weighted by Crippen LogP contribution is -2.39. The molecule has 2 amide bonds. The Kier molecular flexibility index (Phi) is 3.34. The molecule has 0 spiro atoms. The van der Waals surface area contributed by atoms with Crippen molar-refractivity contribution in [2.24, 2.45) is 0 Å². The number of fused-ring (bicyclic) bond motifs is 1. The van der Waals surface area contributed by atoms with Crippen LogP contribution < -0.4 is 0 Å². The van der Waals surface area contributed by atoms with Crippen molar-refractivity contribution < 1.29 is 9.59 Å². The van der Waals surface area contributed by atoms with E-state index in [1.165, 1.54) is 16.0 Å². The van der Waals surface area contributed by atoms with E-state index in [9.17, 15) is 9.59 Å². The molecule has 3 heteroatoms. The molecule has 1 aliphatic carbocycles. The molecule has 23 heavy (non-hydrogen) atoms. The number of nitrogens with zero attached hydrogens (tertiary/aromatic N) is 1. The van der Waals surface area contributed by atoms with E-state index >= 15 is 0 Å². The van der Waals surface area contributed by atoms with Crippen LogP contribution in [0.15, 0.2) is 60.7 Å². The van der Waals surface area contributed by atoms with Crippen LogP contribution in [0.25, 0.3) is 5.57 Å². The molecule has 0 saturated carbocycles. The van der Waals surface area contributed by atoms with Gasteiger partial charge in [0, 0.05) is 0 Å². The van der Waals surface area contributed by atoms with Crippen LogP contribution in [0.4, 0.5) is 0 Å². The summed E-state index contributed by atoms with van der Waals surface area (Å²) in [5.74, 6) is -0.331.